The number of rotatable bonds is 3. The van der Waals surface area contributed by atoms with Crippen LogP contribution in [-0.2, 0) is 15.1 Å². The van der Waals surface area contributed by atoms with Gasteiger partial charge in [0.15, 0.2) is 5.60 Å². The molecule has 0 saturated carbocycles. The Morgan fingerprint density at radius 3 is 2.57 bits per heavy atom. The second-order valence-electron chi connectivity index (χ2n) is 4.88. The molecule has 0 spiro atoms. The fourth-order valence-corrected chi connectivity index (χ4v) is 2.67. The van der Waals surface area contributed by atoms with Crippen molar-refractivity contribution in [2.45, 2.75) is 18.6 Å². The van der Waals surface area contributed by atoms with E-state index < -0.39 is 17.7 Å². The smallest absolute Gasteiger partial charge is 0.351 e. The number of carbonyl (C=O) groups excluding carboxylic acids is 1. The van der Waals surface area contributed by atoms with Gasteiger partial charge in [0.25, 0.3) is 0 Å². The molecule has 0 saturated heterocycles. The van der Waals surface area contributed by atoms with Crippen molar-refractivity contribution in [3.8, 4) is 5.75 Å². The van der Waals surface area contributed by atoms with Crippen LogP contribution in [0.3, 0.4) is 0 Å². The zero-order valence-corrected chi connectivity index (χ0v) is 11.7. The first-order chi connectivity index (χ1) is 10.2. The Morgan fingerprint density at radius 1 is 1.19 bits per heavy atom. The van der Waals surface area contributed by atoms with Crippen molar-refractivity contribution in [2.75, 3.05) is 6.61 Å². The monoisotopic (exact) mass is 284 g/mol. The predicted molar refractivity (Wildman–Crippen MR) is 76.9 cm³/mol. The van der Waals surface area contributed by atoms with Gasteiger partial charge in [-0.3, -0.25) is 0 Å². The zero-order valence-electron chi connectivity index (χ0n) is 11.7. The Morgan fingerprint density at radius 2 is 1.86 bits per heavy atom. The fourth-order valence-electron chi connectivity index (χ4n) is 2.67. The molecule has 1 heterocycles. The second-order valence-corrected chi connectivity index (χ2v) is 4.88. The number of aliphatic hydroxyl groups is 1. The first kappa shape index (κ1) is 13.6. The van der Waals surface area contributed by atoms with Crippen LogP contribution >= 0.6 is 0 Å². The molecule has 2 unspecified atom stereocenters. The number of esters is 1. The van der Waals surface area contributed by atoms with Crippen molar-refractivity contribution in [3.63, 3.8) is 0 Å². The van der Waals surface area contributed by atoms with Crippen molar-refractivity contribution in [3.05, 3.63) is 65.7 Å². The minimum Gasteiger partial charge on any atom is -0.474 e. The molecule has 0 aromatic heterocycles. The number of hydrogen-bond donors (Lipinski definition) is 1. The van der Waals surface area contributed by atoms with E-state index >= 15 is 0 Å². The van der Waals surface area contributed by atoms with Crippen LogP contribution in [0.1, 0.15) is 18.1 Å². The summed E-state index contributed by atoms with van der Waals surface area (Å²) in [6.45, 7) is 1.96. The largest absolute Gasteiger partial charge is 0.474 e. The lowest BCUT2D eigenvalue weighted by Crippen LogP contribution is -2.45. The van der Waals surface area contributed by atoms with E-state index in [1.165, 1.54) is 0 Å². The Kier molecular flexibility index (Phi) is 3.39. The van der Waals surface area contributed by atoms with E-state index in [4.69, 9.17) is 9.47 Å². The third-order valence-corrected chi connectivity index (χ3v) is 3.64. The highest BCUT2D eigenvalue weighted by molar-refractivity contribution is 5.80. The zero-order chi connectivity index (χ0) is 14.9. The lowest BCUT2D eigenvalue weighted by Gasteiger charge is -2.28. The molecule has 2 aromatic carbocycles. The maximum Gasteiger partial charge on any atom is 0.351 e. The molecule has 1 N–H and O–H groups in total. The van der Waals surface area contributed by atoms with Gasteiger partial charge >= 0.3 is 5.97 Å². The minimum absolute atomic E-state index is 0.236. The highest BCUT2D eigenvalue weighted by Crippen LogP contribution is 2.45. The number of ether oxygens (including phenoxy) is 2. The predicted octanol–water partition coefficient (Wildman–Crippen LogP) is 2.25. The van der Waals surface area contributed by atoms with E-state index in [9.17, 15) is 9.90 Å². The van der Waals surface area contributed by atoms with Crippen molar-refractivity contribution >= 4 is 5.97 Å². The standard InChI is InChI=1S/C17H16O4/c1-2-20-16(18)15-17(19,12-8-4-3-5-9-12)13-10-6-7-11-14(13)21-15/h3-11,15,19H,2H2,1H3. The van der Waals surface area contributed by atoms with E-state index in [1.54, 1.807) is 37.3 Å². The van der Waals surface area contributed by atoms with E-state index in [-0.39, 0.29) is 6.61 Å². The number of para-hydroxylation sites is 1. The summed E-state index contributed by atoms with van der Waals surface area (Å²) >= 11 is 0. The van der Waals surface area contributed by atoms with Crippen LogP contribution in [0, 0.1) is 0 Å². The third kappa shape index (κ3) is 2.08. The summed E-state index contributed by atoms with van der Waals surface area (Å²) in [5.41, 5.74) is -0.355. The summed E-state index contributed by atoms with van der Waals surface area (Å²) in [5, 5.41) is 11.2. The quantitative estimate of drug-likeness (QED) is 0.878. The first-order valence-corrected chi connectivity index (χ1v) is 6.88. The van der Waals surface area contributed by atoms with Crippen LogP contribution in [0.25, 0.3) is 0 Å². The lowest BCUT2D eigenvalue weighted by atomic mass is 9.83. The summed E-state index contributed by atoms with van der Waals surface area (Å²) in [4.78, 5) is 12.2. The van der Waals surface area contributed by atoms with Crippen LogP contribution in [0.5, 0.6) is 5.75 Å². The average molecular weight is 284 g/mol. The Balaban J connectivity index is 2.13. The highest BCUT2D eigenvalue weighted by atomic mass is 16.6. The average Bonchev–Trinajstić information content (AvgIpc) is 2.83. The van der Waals surface area contributed by atoms with Crippen LogP contribution in [0.15, 0.2) is 54.6 Å². The van der Waals surface area contributed by atoms with Gasteiger partial charge in [0.2, 0.25) is 6.10 Å². The first-order valence-electron chi connectivity index (χ1n) is 6.88. The van der Waals surface area contributed by atoms with Gasteiger partial charge in [-0.1, -0.05) is 48.5 Å². The van der Waals surface area contributed by atoms with Crippen molar-refractivity contribution in [1.82, 2.24) is 0 Å². The van der Waals surface area contributed by atoms with Gasteiger partial charge in [-0.05, 0) is 18.6 Å². The molecular weight excluding hydrogens is 268 g/mol. The van der Waals surface area contributed by atoms with E-state index in [2.05, 4.69) is 0 Å². The van der Waals surface area contributed by atoms with E-state index in [0.29, 0.717) is 16.9 Å². The number of carbonyl (C=O) groups is 1. The van der Waals surface area contributed by atoms with Crippen molar-refractivity contribution < 1.29 is 19.4 Å². The molecule has 4 nitrogen and oxygen atoms in total. The fraction of sp³-hybridized carbons (Fsp3) is 0.235. The molecule has 2 aromatic rings. The topological polar surface area (TPSA) is 55.8 Å². The maximum absolute atomic E-state index is 12.2. The molecule has 21 heavy (non-hydrogen) atoms. The van der Waals surface area contributed by atoms with Crippen molar-refractivity contribution in [2.24, 2.45) is 0 Å². The van der Waals surface area contributed by atoms with E-state index in [1.807, 2.05) is 24.3 Å². The third-order valence-electron chi connectivity index (χ3n) is 3.64. The number of fused-ring (bicyclic) bond motifs is 1. The molecule has 0 bridgehead atoms. The Bertz CT molecular complexity index is 653. The van der Waals surface area contributed by atoms with E-state index in [0.717, 1.165) is 0 Å². The molecular formula is C17H16O4. The maximum atomic E-state index is 12.2. The molecule has 1 aliphatic rings. The van der Waals surface area contributed by atoms with Gasteiger partial charge in [0.05, 0.1) is 6.61 Å². The van der Waals surface area contributed by atoms with Gasteiger partial charge in [-0.2, -0.15) is 0 Å². The van der Waals surface area contributed by atoms with Gasteiger partial charge in [0, 0.05) is 5.56 Å². The number of hydrogen-bond acceptors (Lipinski definition) is 4. The minimum atomic E-state index is -1.54. The summed E-state index contributed by atoms with van der Waals surface area (Å²) < 4.78 is 10.7. The van der Waals surface area contributed by atoms with Crippen LogP contribution in [0.2, 0.25) is 0 Å². The molecule has 0 aliphatic carbocycles. The molecule has 108 valence electrons. The second kappa shape index (κ2) is 5.22. The SMILES string of the molecule is CCOC(=O)C1Oc2ccccc2C1(O)c1ccccc1. The highest BCUT2D eigenvalue weighted by Gasteiger charge is 2.53. The normalized spacial score (nSPS) is 23.2. The molecule has 0 fully saturated rings. The molecule has 0 radical (unpaired) electrons. The molecule has 2 atom stereocenters. The van der Waals surface area contributed by atoms with Gasteiger partial charge < -0.3 is 14.6 Å². The van der Waals surface area contributed by atoms with Crippen molar-refractivity contribution in [1.29, 1.82) is 0 Å². The van der Waals surface area contributed by atoms with Crippen LogP contribution < -0.4 is 4.74 Å². The Hall–Kier alpha value is -2.33. The Labute approximate surface area is 122 Å². The summed E-state index contributed by atoms with van der Waals surface area (Å²) in [7, 11) is 0. The van der Waals surface area contributed by atoms with Gasteiger partial charge in [0.1, 0.15) is 5.75 Å². The van der Waals surface area contributed by atoms with Gasteiger partial charge in [-0.15, -0.1) is 0 Å². The number of benzene rings is 2. The molecule has 3 rings (SSSR count). The molecule has 4 heteroatoms. The molecule has 1 aliphatic heterocycles. The van der Waals surface area contributed by atoms with Crippen LogP contribution in [0.4, 0.5) is 0 Å². The lowest BCUT2D eigenvalue weighted by molar-refractivity contribution is -0.159. The van der Waals surface area contributed by atoms with Crippen LogP contribution in [-0.4, -0.2) is 23.8 Å². The van der Waals surface area contributed by atoms with Gasteiger partial charge in [-0.25, -0.2) is 4.79 Å². The summed E-state index contributed by atoms with van der Waals surface area (Å²) in [5.74, 6) is -0.0676. The molecule has 0 amide bonds. The summed E-state index contributed by atoms with van der Waals surface area (Å²) in [6, 6.07) is 16.2. The summed E-state index contributed by atoms with van der Waals surface area (Å²) in [6.07, 6.45) is -1.10.